The third-order valence-electron chi connectivity index (χ3n) is 6.43. The molecule has 0 N–H and O–H groups in total. The zero-order valence-electron chi connectivity index (χ0n) is 18.7. The second-order valence-corrected chi connectivity index (χ2v) is 8.41. The van der Waals surface area contributed by atoms with Crippen LogP contribution in [0.2, 0.25) is 0 Å². The van der Waals surface area contributed by atoms with Crippen molar-refractivity contribution in [1.82, 2.24) is 19.5 Å². The Balaban J connectivity index is 1.37. The summed E-state index contributed by atoms with van der Waals surface area (Å²) in [5.41, 5.74) is 6.85. The van der Waals surface area contributed by atoms with Gasteiger partial charge in [-0.25, -0.2) is 0 Å². The molecule has 5 rings (SSSR count). The van der Waals surface area contributed by atoms with Crippen LogP contribution >= 0.6 is 0 Å². The molecule has 0 amide bonds. The molecule has 1 saturated heterocycles. The van der Waals surface area contributed by atoms with Crippen molar-refractivity contribution >= 4 is 11.3 Å². The fourth-order valence-electron chi connectivity index (χ4n) is 4.48. The van der Waals surface area contributed by atoms with E-state index in [1.54, 1.807) is 7.11 Å². The van der Waals surface area contributed by atoms with Crippen LogP contribution in [0.15, 0.2) is 67.0 Å². The highest BCUT2D eigenvalue weighted by atomic mass is 16.5. The summed E-state index contributed by atoms with van der Waals surface area (Å²) in [6.45, 7) is 4.37. The molecule has 0 unspecified atom stereocenters. The van der Waals surface area contributed by atoms with Crippen LogP contribution in [0.3, 0.4) is 0 Å². The van der Waals surface area contributed by atoms with Crippen molar-refractivity contribution in [2.75, 3.05) is 45.2 Å². The minimum absolute atomic E-state index is 0.886. The predicted octanol–water partition coefficient (Wildman–Crippen LogP) is 3.94. The van der Waals surface area contributed by atoms with Crippen molar-refractivity contribution in [3.63, 3.8) is 0 Å². The van der Waals surface area contributed by atoms with Gasteiger partial charge >= 0.3 is 0 Å². The Morgan fingerprint density at radius 3 is 2.44 bits per heavy atom. The van der Waals surface area contributed by atoms with Crippen LogP contribution in [0.4, 0.5) is 5.69 Å². The van der Waals surface area contributed by atoms with E-state index < -0.39 is 0 Å². The number of fused-ring (bicyclic) bond motifs is 1. The largest absolute Gasteiger partial charge is 0.496 e. The molecule has 1 fully saturated rings. The summed E-state index contributed by atoms with van der Waals surface area (Å²) in [4.78, 5) is 4.83. The zero-order chi connectivity index (χ0) is 21.9. The SMILES string of the molecule is COc1ccccc1CCc1ccc(-c2ccc(N3CCN(C)CC3)cc2)c2nncn12. The van der Waals surface area contributed by atoms with Crippen LogP contribution in [-0.4, -0.2) is 59.8 Å². The summed E-state index contributed by atoms with van der Waals surface area (Å²) in [5, 5.41) is 8.65. The number of benzene rings is 2. The van der Waals surface area contributed by atoms with Gasteiger partial charge in [-0.3, -0.25) is 4.40 Å². The number of para-hydroxylation sites is 1. The highest BCUT2D eigenvalue weighted by Crippen LogP contribution is 2.28. The Morgan fingerprint density at radius 2 is 1.66 bits per heavy atom. The van der Waals surface area contributed by atoms with E-state index in [1.165, 1.54) is 16.9 Å². The quantitative estimate of drug-likeness (QED) is 0.466. The topological polar surface area (TPSA) is 45.9 Å². The van der Waals surface area contributed by atoms with Crippen molar-refractivity contribution < 1.29 is 4.74 Å². The number of aryl methyl sites for hydroxylation is 2. The van der Waals surface area contributed by atoms with E-state index in [-0.39, 0.29) is 0 Å². The average Bonchev–Trinajstić information content (AvgIpc) is 3.34. The predicted molar refractivity (Wildman–Crippen MR) is 129 cm³/mol. The summed E-state index contributed by atoms with van der Waals surface area (Å²) in [7, 11) is 3.91. The molecule has 6 nitrogen and oxygen atoms in total. The molecule has 0 atom stereocenters. The molecule has 2 aromatic heterocycles. The third-order valence-corrected chi connectivity index (χ3v) is 6.43. The average molecular weight is 428 g/mol. The number of aromatic nitrogens is 3. The van der Waals surface area contributed by atoms with Crippen molar-refractivity contribution in [2.45, 2.75) is 12.8 Å². The minimum Gasteiger partial charge on any atom is -0.496 e. The summed E-state index contributed by atoms with van der Waals surface area (Å²) in [5.74, 6) is 0.935. The maximum atomic E-state index is 5.50. The van der Waals surface area contributed by atoms with E-state index in [0.29, 0.717) is 0 Å². The van der Waals surface area contributed by atoms with Crippen molar-refractivity contribution in [2.24, 2.45) is 0 Å². The Labute approximate surface area is 189 Å². The fourth-order valence-corrected chi connectivity index (χ4v) is 4.48. The van der Waals surface area contributed by atoms with Crippen LogP contribution < -0.4 is 9.64 Å². The molecular formula is C26H29N5O. The second kappa shape index (κ2) is 9.01. The van der Waals surface area contributed by atoms with Crippen LogP contribution in [0.1, 0.15) is 11.3 Å². The zero-order valence-corrected chi connectivity index (χ0v) is 18.7. The molecule has 0 bridgehead atoms. The number of rotatable bonds is 6. The summed E-state index contributed by atoms with van der Waals surface area (Å²) in [6, 6.07) is 21.4. The maximum absolute atomic E-state index is 5.50. The number of pyridine rings is 1. The number of hydrogen-bond acceptors (Lipinski definition) is 5. The van der Waals surface area contributed by atoms with Gasteiger partial charge in [-0.2, -0.15) is 0 Å². The molecule has 32 heavy (non-hydrogen) atoms. The fraction of sp³-hybridized carbons (Fsp3) is 0.308. The standard InChI is InChI=1S/C26H29N5O/c1-29-15-17-30(18-16-29)22-10-7-20(8-11-22)24-14-13-23(31-19-27-28-26(24)31)12-9-21-5-3-4-6-25(21)32-2/h3-8,10-11,13-14,19H,9,12,15-18H2,1-2H3. The van der Waals surface area contributed by atoms with Crippen LogP contribution in [0, 0.1) is 0 Å². The third kappa shape index (κ3) is 4.06. The molecule has 6 heteroatoms. The van der Waals surface area contributed by atoms with Gasteiger partial charge in [0, 0.05) is 43.1 Å². The highest BCUT2D eigenvalue weighted by molar-refractivity contribution is 5.78. The van der Waals surface area contributed by atoms with E-state index in [4.69, 9.17) is 4.74 Å². The van der Waals surface area contributed by atoms with Gasteiger partial charge in [0.25, 0.3) is 0 Å². The van der Waals surface area contributed by atoms with E-state index in [0.717, 1.165) is 61.5 Å². The summed E-state index contributed by atoms with van der Waals surface area (Å²) in [6.07, 6.45) is 3.60. The smallest absolute Gasteiger partial charge is 0.168 e. The van der Waals surface area contributed by atoms with Gasteiger partial charge in [0.2, 0.25) is 0 Å². The Bertz CT molecular complexity index is 1190. The molecule has 3 heterocycles. The molecule has 4 aromatic rings. The first-order valence-corrected chi connectivity index (χ1v) is 11.2. The van der Waals surface area contributed by atoms with Gasteiger partial charge in [-0.05, 0) is 61.3 Å². The van der Waals surface area contributed by atoms with E-state index in [1.807, 2.05) is 18.5 Å². The molecule has 0 radical (unpaired) electrons. The van der Waals surface area contributed by atoms with Crippen LogP contribution in [-0.2, 0) is 12.8 Å². The Hall–Kier alpha value is -3.38. The van der Waals surface area contributed by atoms with Gasteiger partial charge in [0.05, 0.1) is 7.11 Å². The van der Waals surface area contributed by atoms with Crippen molar-refractivity contribution in [1.29, 1.82) is 0 Å². The van der Waals surface area contributed by atoms with E-state index >= 15 is 0 Å². The van der Waals surface area contributed by atoms with Crippen LogP contribution in [0.25, 0.3) is 16.8 Å². The van der Waals surface area contributed by atoms with E-state index in [2.05, 4.69) is 80.0 Å². The van der Waals surface area contributed by atoms with Gasteiger partial charge in [0.15, 0.2) is 5.65 Å². The van der Waals surface area contributed by atoms with Gasteiger partial charge in [0.1, 0.15) is 12.1 Å². The second-order valence-electron chi connectivity index (χ2n) is 8.41. The summed E-state index contributed by atoms with van der Waals surface area (Å²) < 4.78 is 7.61. The summed E-state index contributed by atoms with van der Waals surface area (Å²) >= 11 is 0. The van der Waals surface area contributed by atoms with Crippen LogP contribution in [0.5, 0.6) is 5.75 Å². The molecule has 0 saturated carbocycles. The first-order chi connectivity index (χ1) is 15.7. The molecule has 0 aliphatic carbocycles. The molecule has 1 aliphatic heterocycles. The molecule has 164 valence electrons. The number of hydrogen-bond donors (Lipinski definition) is 0. The molecule has 2 aromatic carbocycles. The number of ether oxygens (including phenoxy) is 1. The molecule has 1 aliphatic rings. The van der Waals surface area contributed by atoms with Gasteiger partial charge < -0.3 is 14.5 Å². The number of nitrogens with zero attached hydrogens (tertiary/aromatic N) is 5. The molecule has 0 spiro atoms. The highest BCUT2D eigenvalue weighted by Gasteiger charge is 2.15. The van der Waals surface area contributed by atoms with Gasteiger partial charge in [-0.1, -0.05) is 30.3 Å². The van der Waals surface area contributed by atoms with Gasteiger partial charge in [-0.15, -0.1) is 10.2 Å². The Morgan fingerprint density at radius 1 is 0.875 bits per heavy atom. The number of piperazine rings is 1. The number of likely N-dealkylation sites (N-methyl/N-ethyl adjacent to an activating group) is 1. The minimum atomic E-state index is 0.886. The first-order valence-electron chi connectivity index (χ1n) is 11.2. The maximum Gasteiger partial charge on any atom is 0.168 e. The van der Waals surface area contributed by atoms with Crippen molar-refractivity contribution in [3.05, 3.63) is 78.2 Å². The number of methoxy groups -OCH3 is 1. The lowest BCUT2D eigenvalue weighted by molar-refractivity contribution is 0.313. The normalized spacial score (nSPS) is 14.8. The van der Waals surface area contributed by atoms with Crippen molar-refractivity contribution in [3.8, 4) is 16.9 Å². The first kappa shape index (κ1) is 20.5. The lowest BCUT2D eigenvalue weighted by atomic mass is 10.0. The molecular weight excluding hydrogens is 398 g/mol. The lowest BCUT2D eigenvalue weighted by Gasteiger charge is -2.34. The Kier molecular flexibility index (Phi) is 5.77. The lowest BCUT2D eigenvalue weighted by Crippen LogP contribution is -2.44. The monoisotopic (exact) mass is 427 g/mol. The van der Waals surface area contributed by atoms with E-state index in [9.17, 15) is 0 Å². The number of anilines is 1.